The molecule has 0 N–H and O–H groups in total. The number of nitriles is 1. The minimum absolute atomic E-state index is 0.0986. The molecule has 0 heterocycles. The van der Waals surface area contributed by atoms with Crippen LogP contribution in [0.1, 0.15) is 37.5 Å². The normalized spacial score (nSPS) is 11.0. The van der Waals surface area contributed by atoms with Gasteiger partial charge in [0.05, 0.1) is 5.56 Å². The molecule has 0 atom stereocenters. The summed E-state index contributed by atoms with van der Waals surface area (Å²) in [6.45, 7) is 8.53. The van der Waals surface area contributed by atoms with Crippen molar-refractivity contribution in [1.82, 2.24) is 0 Å². The van der Waals surface area contributed by atoms with Gasteiger partial charge < -0.3 is 4.74 Å². The fraction of sp³-hybridized carbons (Fsp3) is 0.278. The summed E-state index contributed by atoms with van der Waals surface area (Å²) in [4.78, 5) is 0. The van der Waals surface area contributed by atoms with Crippen LogP contribution in [0, 0.1) is 18.3 Å². The van der Waals surface area contributed by atoms with Gasteiger partial charge in [0.25, 0.3) is 0 Å². The molecule has 0 fully saturated rings. The lowest BCUT2D eigenvalue weighted by Crippen LogP contribution is -2.11. The molecular weight excluding hydrogens is 282 g/mol. The van der Waals surface area contributed by atoms with E-state index in [9.17, 15) is 0 Å². The lowest BCUT2D eigenvalue weighted by molar-refractivity contribution is 0.476. The summed E-state index contributed by atoms with van der Waals surface area (Å²) in [5, 5.41) is 9.68. The quantitative estimate of drug-likeness (QED) is 0.722. The van der Waals surface area contributed by atoms with E-state index in [4.69, 9.17) is 21.6 Å². The summed E-state index contributed by atoms with van der Waals surface area (Å²) in [5.41, 5.74) is 2.83. The molecule has 108 valence electrons. The van der Waals surface area contributed by atoms with Crippen molar-refractivity contribution in [2.75, 3.05) is 0 Å². The van der Waals surface area contributed by atoms with E-state index in [1.165, 1.54) is 5.56 Å². The Hall–Kier alpha value is -1.98. The van der Waals surface area contributed by atoms with Crippen molar-refractivity contribution in [2.45, 2.75) is 33.1 Å². The first-order valence-electron chi connectivity index (χ1n) is 6.80. The molecule has 2 aromatic carbocycles. The number of rotatable bonds is 2. The SMILES string of the molecule is Cc1cc(C(C)(C)C)ccc1Oc1ccc(Cl)cc1C#N. The molecule has 3 heteroatoms. The third-order valence-electron chi connectivity index (χ3n) is 3.32. The van der Waals surface area contributed by atoms with Crippen LogP contribution < -0.4 is 4.74 Å². The van der Waals surface area contributed by atoms with E-state index in [1.807, 2.05) is 13.0 Å². The van der Waals surface area contributed by atoms with Gasteiger partial charge in [0, 0.05) is 5.02 Å². The maximum atomic E-state index is 9.15. The molecule has 0 amide bonds. The third-order valence-corrected chi connectivity index (χ3v) is 3.56. The highest BCUT2D eigenvalue weighted by Gasteiger charge is 2.15. The van der Waals surface area contributed by atoms with Crippen LogP contribution in [0.5, 0.6) is 11.5 Å². The summed E-state index contributed by atoms with van der Waals surface area (Å²) >= 11 is 5.89. The van der Waals surface area contributed by atoms with Crippen molar-refractivity contribution in [3.8, 4) is 17.6 Å². The molecule has 0 aliphatic rings. The fourth-order valence-corrected chi connectivity index (χ4v) is 2.20. The Kier molecular flexibility index (Phi) is 4.25. The van der Waals surface area contributed by atoms with Gasteiger partial charge in [0.2, 0.25) is 0 Å². The Bertz CT molecular complexity index is 708. The highest BCUT2D eigenvalue weighted by molar-refractivity contribution is 6.30. The molecule has 0 spiro atoms. The van der Waals surface area contributed by atoms with E-state index in [2.05, 4.69) is 39.0 Å². The minimum atomic E-state index is 0.0986. The molecule has 0 saturated carbocycles. The van der Waals surface area contributed by atoms with Gasteiger partial charge in [0.1, 0.15) is 17.6 Å². The average Bonchev–Trinajstić information content (AvgIpc) is 2.41. The zero-order chi connectivity index (χ0) is 15.6. The maximum absolute atomic E-state index is 9.15. The van der Waals surface area contributed by atoms with Crippen LogP contribution in [0.4, 0.5) is 0 Å². The highest BCUT2D eigenvalue weighted by atomic mass is 35.5. The standard InChI is InChI=1S/C18H18ClNO/c1-12-9-14(18(2,3)4)5-7-16(12)21-17-8-6-15(19)10-13(17)11-20/h5-10H,1-4H3. The van der Waals surface area contributed by atoms with Crippen molar-refractivity contribution in [3.05, 3.63) is 58.1 Å². The van der Waals surface area contributed by atoms with Crippen LogP contribution in [0.25, 0.3) is 0 Å². The van der Waals surface area contributed by atoms with Gasteiger partial charge in [-0.25, -0.2) is 0 Å². The van der Waals surface area contributed by atoms with Crippen molar-refractivity contribution >= 4 is 11.6 Å². The zero-order valence-electron chi connectivity index (χ0n) is 12.7. The van der Waals surface area contributed by atoms with Gasteiger partial charge in [-0.3, -0.25) is 0 Å². The molecule has 0 unspecified atom stereocenters. The average molecular weight is 300 g/mol. The van der Waals surface area contributed by atoms with Gasteiger partial charge in [-0.15, -0.1) is 0 Å². The van der Waals surface area contributed by atoms with Crippen LogP contribution in [-0.2, 0) is 5.41 Å². The van der Waals surface area contributed by atoms with Gasteiger partial charge in [0.15, 0.2) is 0 Å². The van der Waals surface area contributed by atoms with Crippen molar-refractivity contribution in [3.63, 3.8) is 0 Å². The van der Waals surface area contributed by atoms with Crippen LogP contribution in [-0.4, -0.2) is 0 Å². The van der Waals surface area contributed by atoms with Crippen LogP contribution in [0.2, 0.25) is 5.02 Å². The molecule has 0 aliphatic heterocycles. The molecule has 0 aliphatic carbocycles. The minimum Gasteiger partial charge on any atom is -0.456 e. The van der Waals surface area contributed by atoms with E-state index in [1.54, 1.807) is 18.2 Å². The summed E-state index contributed by atoms with van der Waals surface area (Å²) in [5.74, 6) is 1.27. The van der Waals surface area contributed by atoms with Crippen LogP contribution in [0.3, 0.4) is 0 Å². The summed E-state index contributed by atoms with van der Waals surface area (Å²) in [6, 6.07) is 13.3. The van der Waals surface area contributed by atoms with Gasteiger partial charge in [-0.05, 0) is 47.7 Å². The predicted octanol–water partition coefficient (Wildman–Crippen LogP) is 5.61. The first-order chi connectivity index (χ1) is 9.81. The number of benzene rings is 2. The van der Waals surface area contributed by atoms with Crippen molar-refractivity contribution in [2.24, 2.45) is 0 Å². The largest absolute Gasteiger partial charge is 0.456 e. The molecule has 0 aromatic heterocycles. The third kappa shape index (κ3) is 3.56. The highest BCUT2D eigenvalue weighted by Crippen LogP contribution is 2.32. The smallest absolute Gasteiger partial charge is 0.145 e. The van der Waals surface area contributed by atoms with E-state index >= 15 is 0 Å². The van der Waals surface area contributed by atoms with Gasteiger partial charge >= 0.3 is 0 Å². The number of halogens is 1. The van der Waals surface area contributed by atoms with E-state index in [-0.39, 0.29) is 5.41 Å². The molecule has 0 bridgehead atoms. The topological polar surface area (TPSA) is 33.0 Å². The zero-order valence-corrected chi connectivity index (χ0v) is 13.5. The molecule has 2 nitrogen and oxygen atoms in total. The second kappa shape index (κ2) is 5.79. The number of aryl methyl sites for hydroxylation is 1. The van der Waals surface area contributed by atoms with Crippen molar-refractivity contribution in [1.29, 1.82) is 5.26 Å². The van der Waals surface area contributed by atoms with E-state index in [0.717, 1.165) is 11.3 Å². The fourth-order valence-electron chi connectivity index (χ4n) is 2.03. The molecular formula is C18H18ClNO. The number of ether oxygens (including phenoxy) is 1. The second-order valence-electron chi connectivity index (χ2n) is 6.08. The Morgan fingerprint density at radius 1 is 1.05 bits per heavy atom. The second-order valence-corrected chi connectivity index (χ2v) is 6.52. The molecule has 0 saturated heterocycles. The maximum Gasteiger partial charge on any atom is 0.145 e. The first-order valence-corrected chi connectivity index (χ1v) is 7.17. The lowest BCUT2D eigenvalue weighted by Gasteiger charge is -2.20. The summed E-state index contributed by atoms with van der Waals surface area (Å²) in [7, 11) is 0. The Labute approximate surface area is 130 Å². The number of nitrogens with zero attached hydrogens (tertiary/aromatic N) is 1. The van der Waals surface area contributed by atoms with Crippen LogP contribution in [0.15, 0.2) is 36.4 Å². The Morgan fingerprint density at radius 2 is 1.71 bits per heavy atom. The first kappa shape index (κ1) is 15.4. The Balaban J connectivity index is 2.35. The van der Waals surface area contributed by atoms with E-state index in [0.29, 0.717) is 16.3 Å². The molecule has 2 aromatic rings. The molecule has 2 rings (SSSR count). The summed E-state index contributed by atoms with van der Waals surface area (Å²) in [6.07, 6.45) is 0. The Morgan fingerprint density at radius 3 is 2.29 bits per heavy atom. The van der Waals surface area contributed by atoms with E-state index < -0.39 is 0 Å². The molecule has 21 heavy (non-hydrogen) atoms. The molecule has 0 radical (unpaired) electrons. The predicted molar refractivity (Wildman–Crippen MR) is 86.1 cm³/mol. The van der Waals surface area contributed by atoms with Gasteiger partial charge in [-0.1, -0.05) is 44.5 Å². The van der Waals surface area contributed by atoms with Gasteiger partial charge in [-0.2, -0.15) is 5.26 Å². The van der Waals surface area contributed by atoms with Crippen LogP contribution >= 0.6 is 11.6 Å². The number of hydrogen-bond acceptors (Lipinski definition) is 2. The summed E-state index contributed by atoms with van der Waals surface area (Å²) < 4.78 is 5.87. The lowest BCUT2D eigenvalue weighted by atomic mass is 9.86. The monoisotopic (exact) mass is 299 g/mol. The van der Waals surface area contributed by atoms with Crippen molar-refractivity contribution < 1.29 is 4.74 Å². The number of hydrogen-bond donors (Lipinski definition) is 0.